The molecule has 0 aliphatic heterocycles. The first kappa shape index (κ1) is 14.9. The summed E-state index contributed by atoms with van der Waals surface area (Å²) in [5.41, 5.74) is 0.647. The lowest BCUT2D eigenvalue weighted by molar-refractivity contribution is -0.124. The van der Waals surface area contributed by atoms with E-state index in [1.54, 1.807) is 6.92 Å². The van der Waals surface area contributed by atoms with Crippen molar-refractivity contribution in [2.75, 3.05) is 6.54 Å². The van der Waals surface area contributed by atoms with E-state index in [0.29, 0.717) is 12.0 Å². The Bertz CT molecular complexity index is 327. The highest BCUT2D eigenvalue weighted by Gasteiger charge is 2.32. The highest BCUT2D eigenvalue weighted by molar-refractivity contribution is 5.95. The molecule has 0 atom stereocenters. The second-order valence-corrected chi connectivity index (χ2v) is 5.59. The Labute approximate surface area is 110 Å². The second-order valence-electron chi connectivity index (χ2n) is 5.59. The van der Waals surface area contributed by atoms with Crippen molar-refractivity contribution >= 4 is 11.7 Å². The van der Waals surface area contributed by atoms with Gasteiger partial charge in [-0.1, -0.05) is 39.2 Å². The molecule has 1 aliphatic carbocycles. The molecule has 18 heavy (non-hydrogen) atoms. The molecule has 0 heterocycles. The third kappa shape index (κ3) is 4.28. The maximum Gasteiger partial charge on any atom is 0.246 e. The van der Waals surface area contributed by atoms with Crippen LogP contribution >= 0.6 is 0 Å². The van der Waals surface area contributed by atoms with E-state index in [2.05, 4.69) is 18.8 Å². The van der Waals surface area contributed by atoms with Gasteiger partial charge in [0.05, 0.1) is 6.54 Å². The molecule has 1 rings (SSSR count). The molecule has 0 unspecified atom stereocenters. The Hall–Kier alpha value is -1.12. The van der Waals surface area contributed by atoms with Crippen molar-refractivity contribution in [1.29, 1.82) is 0 Å². The van der Waals surface area contributed by atoms with Crippen LogP contribution in [0.2, 0.25) is 0 Å². The van der Waals surface area contributed by atoms with E-state index in [4.69, 9.17) is 0 Å². The van der Waals surface area contributed by atoms with Gasteiger partial charge < -0.3 is 5.32 Å². The maximum atomic E-state index is 12.0. The minimum absolute atomic E-state index is 0.146. The van der Waals surface area contributed by atoms with Gasteiger partial charge in [0.2, 0.25) is 5.91 Å². The monoisotopic (exact) mass is 251 g/mol. The van der Waals surface area contributed by atoms with Crippen LogP contribution in [0, 0.1) is 5.41 Å². The zero-order chi connectivity index (χ0) is 13.6. The minimum atomic E-state index is -0.224. The summed E-state index contributed by atoms with van der Waals surface area (Å²) in [7, 11) is 0. The largest absolute Gasteiger partial charge is 0.345 e. The average Bonchev–Trinajstić information content (AvgIpc) is 2.36. The van der Waals surface area contributed by atoms with Crippen LogP contribution in [0.15, 0.2) is 12.2 Å². The van der Waals surface area contributed by atoms with Gasteiger partial charge in [0.1, 0.15) is 0 Å². The Balaban J connectivity index is 2.42. The first-order valence-electron chi connectivity index (χ1n) is 6.94. The molecular formula is C15H25NO2. The molecule has 3 nitrogen and oxygen atoms in total. The van der Waals surface area contributed by atoms with Gasteiger partial charge in [-0.05, 0) is 25.2 Å². The number of hydrogen-bond donors (Lipinski definition) is 1. The number of carbonyl (C=O) groups excluding carboxylic acids is 2. The molecular weight excluding hydrogens is 226 g/mol. The van der Waals surface area contributed by atoms with Gasteiger partial charge in [-0.3, -0.25) is 9.59 Å². The van der Waals surface area contributed by atoms with Crippen molar-refractivity contribution in [3.63, 3.8) is 0 Å². The Morgan fingerprint density at radius 1 is 1.22 bits per heavy atom. The molecule has 102 valence electrons. The topological polar surface area (TPSA) is 46.2 Å². The van der Waals surface area contributed by atoms with Crippen molar-refractivity contribution in [2.24, 2.45) is 5.41 Å². The van der Waals surface area contributed by atoms with Gasteiger partial charge in [-0.2, -0.15) is 0 Å². The van der Waals surface area contributed by atoms with Crippen LogP contribution in [0.25, 0.3) is 0 Å². The van der Waals surface area contributed by atoms with E-state index in [1.165, 1.54) is 19.3 Å². The lowest BCUT2D eigenvalue weighted by Gasteiger charge is -2.36. The zero-order valence-corrected chi connectivity index (χ0v) is 11.7. The van der Waals surface area contributed by atoms with E-state index in [9.17, 15) is 9.59 Å². The fraction of sp³-hybridized carbons (Fsp3) is 0.733. The smallest absolute Gasteiger partial charge is 0.246 e. The molecule has 0 saturated heterocycles. The Morgan fingerprint density at radius 2 is 1.83 bits per heavy atom. The second kappa shape index (κ2) is 6.72. The highest BCUT2D eigenvalue weighted by atomic mass is 16.2. The van der Waals surface area contributed by atoms with Gasteiger partial charge in [-0.15, -0.1) is 0 Å². The van der Waals surface area contributed by atoms with Crippen molar-refractivity contribution < 1.29 is 9.59 Å². The standard InChI is InChI=1S/C15H25NO2/c1-4-15(8-6-5-7-9-15)10-13(17)11-16-14(18)12(2)3/h2,4-11H2,1,3H3,(H,16,18). The minimum Gasteiger partial charge on any atom is -0.345 e. The maximum absolute atomic E-state index is 12.0. The van der Waals surface area contributed by atoms with Crippen LogP contribution in [0.5, 0.6) is 0 Å². The van der Waals surface area contributed by atoms with Crippen molar-refractivity contribution in [2.45, 2.75) is 58.8 Å². The molecule has 1 amide bonds. The number of hydrogen-bond acceptors (Lipinski definition) is 2. The lowest BCUT2D eigenvalue weighted by atomic mass is 9.69. The van der Waals surface area contributed by atoms with Gasteiger partial charge in [0, 0.05) is 12.0 Å². The lowest BCUT2D eigenvalue weighted by Crippen LogP contribution is -2.34. The number of rotatable bonds is 6. The van der Waals surface area contributed by atoms with Crippen molar-refractivity contribution in [3.05, 3.63) is 12.2 Å². The third-order valence-electron chi connectivity index (χ3n) is 4.07. The third-order valence-corrected chi connectivity index (χ3v) is 4.07. The van der Waals surface area contributed by atoms with E-state index in [-0.39, 0.29) is 23.7 Å². The average molecular weight is 251 g/mol. The molecule has 0 bridgehead atoms. The summed E-state index contributed by atoms with van der Waals surface area (Å²) in [6, 6.07) is 0. The van der Waals surface area contributed by atoms with Gasteiger partial charge in [0.15, 0.2) is 5.78 Å². The molecule has 0 spiro atoms. The Kier molecular flexibility index (Phi) is 5.57. The molecule has 0 aromatic carbocycles. The fourth-order valence-electron chi connectivity index (χ4n) is 2.77. The fourth-order valence-corrected chi connectivity index (χ4v) is 2.77. The Morgan fingerprint density at radius 3 is 2.33 bits per heavy atom. The van der Waals surface area contributed by atoms with E-state index < -0.39 is 0 Å². The van der Waals surface area contributed by atoms with Crippen LogP contribution in [-0.2, 0) is 9.59 Å². The molecule has 1 saturated carbocycles. The van der Waals surface area contributed by atoms with Crippen LogP contribution < -0.4 is 5.32 Å². The van der Waals surface area contributed by atoms with E-state index in [1.807, 2.05) is 0 Å². The molecule has 0 radical (unpaired) electrons. The number of ketones is 1. The van der Waals surface area contributed by atoms with Crippen molar-refractivity contribution in [1.82, 2.24) is 5.32 Å². The molecule has 0 aromatic heterocycles. The summed E-state index contributed by atoms with van der Waals surface area (Å²) in [6.45, 7) is 7.52. The van der Waals surface area contributed by atoms with Crippen LogP contribution in [0.1, 0.15) is 58.8 Å². The zero-order valence-electron chi connectivity index (χ0n) is 11.7. The molecule has 0 aromatic rings. The molecule has 1 N–H and O–H groups in total. The predicted molar refractivity (Wildman–Crippen MR) is 73.3 cm³/mol. The summed E-state index contributed by atoms with van der Waals surface area (Å²) in [5, 5.41) is 2.62. The highest BCUT2D eigenvalue weighted by Crippen LogP contribution is 2.42. The molecule has 1 aliphatic rings. The summed E-state index contributed by atoms with van der Waals surface area (Å²) in [6.07, 6.45) is 7.75. The number of carbonyl (C=O) groups is 2. The number of Topliss-reactive ketones (excluding diaryl/α,β-unsaturated/α-hetero) is 1. The number of nitrogens with one attached hydrogen (secondary N) is 1. The van der Waals surface area contributed by atoms with Crippen LogP contribution in [0.3, 0.4) is 0 Å². The van der Waals surface area contributed by atoms with E-state index in [0.717, 1.165) is 19.3 Å². The predicted octanol–water partition coefficient (Wildman–Crippen LogP) is 3.00. The number of amides is 1. The summed E-state index contributed by atoms with van der Waals surface area (Å²) >= 11 is 0. The molecule has 1 fully saturated rings. The van der Waals surface area contributed by atoms with Crippen molar-refractivity contribution in [3.8, 4) is 0 Å². The van der Waals surface area contributed by atoms with Gasteiger partial charge >= 0.3 is 0 Å². The SMILES string of the molecule is C=C(C)C(=O)NCC(=O)CC1(CC)CCCCC1. The van der Waals surface area contributed by atoms with Gasteiger partial charge in [-0.25, -0.2) is 0 Å². The summed E-state index contributed by atoms with van der Waals surface area (Å²) < 4.78 is 0. The van der Waals surface area contributed by atoms with E-state index >= 15 is 0 Å². The quantitative estimate of drug-likeness (QED) is 0.738. The van der Waals surface area contributed by atoms with Crippen LogP contribution in [0.4, 0.5) is 0 Å². The normalized spacial score (nSPS) is 18.1. The van der Waals surface area contributed by atoms with Crippen LogP contribution in [-0.4, -0.2) is 18.2 Å². The van der Waals surface area contributed by atoms with Gasteiger partial charge in [0.25, 0.3) is 0 Å². The molecule has 3 heteroatoms. The first-order valence-corrected chi connectivity index (χ1v) is 6.94. The summed E-state index contributed by atoms with van der Waals surface area (Å²) in [5.74, 6) is -0.0779. The summed E-state index contributed by atoms with van der Waals surface area (Å²) in [4.78, 5) is 23.3. The first-order chi connectivity index (χ1) is 8.49.